The number of esters is 1. The van der Waals surface area contributed by atoms with Crippen LogP contribution in [0.3, 0.4) is 0 Å². The second kappa shape index (κ2) is 30.4. The molecule has 6 unspecified atom stereocenters. The normalized spacial score (nSPS) is 15.6. The second-order valence-corrected chi connectivity index (χ2v) is 28.0. The summed E-state index contributed by atoms with van der Waals surface area (Å²) in [4.78, 5) is 76.7. The maximum atomic E-state index is 14.8. The number of rotatable bonds is 29. The Morgan fingerprint density at radius 1 is 0.529 bits per heavy atom. The van der Waals surface area contributed by atoms with Gasteiger partial charge in [-0.3, -0.25) is 23.5 Å². The number of hydrogen-bond acceptors (Lipinski definition) is 7. The van der Waals surface area contributed by atoms with Gasteiger partial charge < -0.3 is 30.3 Å². The molecule has 87 heavy (non-hydrogen) atoms. The molecule has 0 radical (unpaired) electrons. The maximum absolute atomic E-state index is 14.8. The second-order valence-electron chi connectivity index (χ2n) is 23.0. The number of nitrogens with one attached hydrogen (secondary N) is 2. The molecule has 14 heteroatoms. The van der Waals surface area contributed by atoms with Gasteiger partial charge in [-0.05, 0) is 129 Å². The van der Waals surface area contributed by atoms with E-state index in [2.05, 4.69) is 60.0 Å². The summed E-state index contributed by atoms with van der Waals surface area (Å²) in [5, 5.41) is 16.9. The van der Waals surface area contributed by atoms with Crippen molar-refractivity contribution < 1.29 is 47.9 Å². The van der Waals surface area contributed by atoms with Crippen molar-refractivity contribution in [3.8, 4) is 22.3 Å². The third-order valence-electron chi connectivity index (χ3n) is 16.2. The van der Waals surface area contributed by atoms with Gasteiger partial charge in [0.25, 0.3) is 0 Å². The van der Waals surface area contributed by atoms with E-state index in [1.807, 2.05) is 176 Å². The zero-order chi connectivity index (χ0) is 61.2. The quantitative estimate of drug-likeness (QED) is 0.0171. The van der Waals surface area contributed by atoms with Crippen LogP contribution in [0, 0.1) is 17.8 Å². The lowest BCUT2D eigenvalue weighted by molar-refractivity contribution is -0.149. The summed E-state index contributed by atoms with van der Waals surface area (Å²) in [7, 11) is -7.60. The third-order valence-corrected chi connectivity index (χ3v) is 20.0. The van der Waals surface area contributed by atoms with Crippen LogP contribution < -0.4 is 10.6 Å². The van der Waals surface area contributed by atoms with E-state index in [4.69, 9.17) is 9.84 Å². The van der Waals surface area contributed by atoms with Gasteiger partial charge in [0.15, 0.2) is 0 Å². The highest BCUT2D eigenvalue weighted by Crippen LogP contribution is 2.46. The third kappa shape index (κ3) is 19.1. The summed E-state index contributed by atoms with van der Waals surface area (Å²) in [5.74, 6) is -4.13. The number of fused-ring (bicyclic) bond motifs is 1. The van der Waals surface area contributed by atoms with Crippen molar-refractivity contribution in [2.45, 2.75) is 70.9 Å². The lowest BCUT2D eigenvalue weighted by Crippen LogP contribution is -2.47. The Morgan fingerprint density at radius 3 is 1.68 bits per heavy atom. The lowest BCUT2D eigenvalue weighted by Gasteiger charge is -2.26. The molecule has 0 aromatic heterocycles. The van der Waals surface area contributed by atoms with Crippen LogP contribution in [0.4, 0.5) is 0 Å². The molecular formula is C73H76N2O10P2. The van der Waals surface area contributed by atoms with E-state index in [9.17, 15) is 38.1 Å². The van der Waals surface area contributed by atoms with Crippen molar-refractivity contribution in [1.82, 2.24) is 10.6 Å². The van der Waals surface area contributed by atoms with Gasteiger partial charge in [0.05, 0.1) is 11.8 Å². The molecule has 0 bridgehead atoms. The monoisotopic (exact) mass is 1200 g/mol. The summed E-state index contributed by atoms with van der Waals surface area (Å²) >= 11 is 0. The molecule has 0 fully saturated rings. The molecule has 6 atom stereocenters. The minimum atomic E-state index is -3.87. The first-order chi connectivity index (χ1) is 42.0. The molecule has 0 saturated heterocycles. The minimum absolute atomic E-state index is 0.00487. The maximum Gasteiger partial charge on any atom is 0.329 e. The first-order valence-corrected chi connectivity index (χ1v) is 33.9. The fourth-order valence-electron chi connectivity index (χ4n) is 11.4. The van der Waals surface area contributed by atoms with Crippen LogP contribution in [0.25, 0.3) is 38.6 Å². The summed E-state index contributed by atoms with van der Waals surface area (Å²) in [5.41, 5.74) is 11.4. The van der Waals surface area contributed by atoms with Crippen molar-refractivity contribution in [2.75, 3.05) is 31.2 Å². The van der Waals surface area contributed by atoms with Gasteiger partial charge in [0.2, 0.25) is 26.6 Å². The number of carboxylic acids is 1. The van der Waals surface area contributed by atoms with E-state index in [1.165, 1.54) is 0 Å². The van der Waals surface area contributed by atoms with Crippen LogP contribution in [0.15, 0.2) is 224 Å². The van der Waals surface area contributed by atoms with Crippen LogP contribution >= 0.6 is 14.7 Å². The van der Waals surface area contributed by atoms with Crippen LogP contribution in [-0.4, -0.2) is 75.9 Å². The first-order valence-electron chi connectivity index (χ1n) is 29.9. The first kappa shape index (κ1) is 63.3. The Kier molecular flexibility index (Phi) is 22.1. The van der Waals surface area contributed by atoms with Crippen molar-refractivity contribution in [1.29, 1.82) is 0 Å². The number of allylic oxidation sites excluding steroid dienone is 4. The average Bonchev–Trinajstić information content (AvgIpc) is 3.42. The Hall–Kier alpha value is -8.24. The molecule has 1 aliphatic rings. The number of carbonyl (C=O) groups excluding carboxylic acids is 3. The van der Waals surface area contributed by atoms with E-state index in [-0.39, 0.29) is 75.3 Å². The van der Waals surface area contributed by atoms with Crippen molar-refractivity contribution in [3.05, 3.63) is 257 Å². The summed E-state index contributed by atoms with van der Waals surface area (Å²) in [6, 6.07) is 65.5. The summed E-state index contributed by atoms with van der Waals surface area (Å²) in [6.45, 7) is 2.28. The highest BCUT2D eigenvalue weighted by molar-refractivity contribution is 7.58. The summed E-state index contributed by atoms with van der Waals surface area (Å²) < 4.78 is 33.7. The molecule has 8 aromatic rings. The zero-order valence-corrected chi connectivity index (χ0v) is 50.9. The molecule has 12 nitrogen and oxygen atoms in total. The fourth-order valence-corrected chi connectivity index (χ4v) is 15.0. The molecule has 8 aromatic carbocycles. The van der Waals surface area contributed by atoms with Gasteiger partial charge in [0.1, 0.15) is 12.6 Å². The molecule has 1 aliphatic carbocycles. The molecule has 448 valence electrons. The molecule has 2 amide bonds. The number of benzene rings is 8. The van der Waals surface area contributed by atoms with Crippen LogP contribution in [0.2, 0.25) is 0 Å². The standard InChI is InChI=1S/C73H76N2O10P2/c1-52-42-57(45-66(71(78)74-39-15-26-70(76)77)50-86(81,82)40-37-53-16-6-2-7-17-53)30-36-68(52)64-25-14-24-62(47-64)63-35-34-61-33-29-58(44-65(61)48-63)46-69(73(80)85-49-56-20-10-4-11-21-56)75-72(79)67(51-87(83,84)41-38-54-18-8-3-9-19-54)43-55-27-31-60(32-28-55)59-22-12-5-13-23-59/h2-14,16-25,27-36,44,47-48,52,66-67,69H,15,26,37-43,45-46,49-51H2,1H3,(H,74,78)(H,75,79)(H,76,77)(H,81,82)(H,83,84). The molecule has 0 heterocycles. The number of ether oxygens (including phenoxy) is 1. The summed E-state index contributed by atoms with van der Waals surface area (Å²) in [6.07, 6.45) is 5.81. The zero-order valence-electron chi connectivity index (χ0n) is 49.1. The SMILES string of the molecule is CC1CC(CC(CP(=O)(O)CCc2ccccc2)C(=O)NCCCC(=O)O)=CC=C1c1cccc(-c2ccc3ccc(CC(NC(=O)C(Cc4ccc(-c5ccccc5)cc4)CP(=O)(O)CCc4ccccc4)C(=O)OCc4ccccc4)cc3c2)c1. The fraction of sp³-hybridized carbons (Fsp3) is 0.260. The smallest absolute Gasteiger partial charge is 0.329 e. The lowest BCUT2D eigenvalue weighted by atomic mass is 9.81. The van der Waals surface area contributed by atoms with Crippen molar-refractivity contribution >= 4 is 54.8 Å². The minimum Gasteiger partial charge on any atom is -0.481 e. The largest absolute Gasteiger partial charge is 0.481 e. The molecule has 0 aliphatic heterocycles. The Balaban J connectivity index is 0.933. The van der Waals surface area contributed by atoms with Crippen molar-refractivity contribution in [3.63, 3.8) is 0 Å². The van der Waals surface area contributed by atoms with Gasteiger partial charge in [-0.2, -0.15) is 0 Å². The van der Waals surface area contributed by atoms with Gasteiger partial charge >= 0.3 is 11.9 Å². The predicted molar refractivity (Wildman–Crippen MR) is 348 cm³/mol. The molecule has 0 saturated carbocycles. The van der Waals surface area contributed by atoms with E-state index in [1.54, 1.807) is 0 Å². The van der Waals surface area contributed by atoms with Crippen LogP contribution in [0.1, 0.15) is 66.0 Å². The van der Waals surface area contributed by atoms with Gasteiger partial charge in [-0.25, -0.2) is 4.79 Å². The topological polar surface area (TPSA) is 196 Å². The van der Waals surface area contributed by atoms with E-state index >= 15 is 0 Å². The Bertz CT molecular complexity index is 3800. The number of aliphatic carboxylic acids is 1. The van der Waals surface area contributed by atoms with Crippen LogP contribution in [0.5, 0.6) is 0 Å². The molecular weight excluding hydrogens is 1130 g/mol. The average molecular weight is 1200 g/mol. The Morgan fingerprint density at radius 2 is 1.06 bits per heavy atom. The number of amides is 2. The van der Waals surface area contributed by atoms with E-state index < -0.39 is 50.5 Å². The highest BCUT2D eigenvalue weighted by atomic mass is 31.2. The Labute approximate surface area is 510 Å². The van der Waals surface area contributed by atoms with Gasteiger partial charge in [0, 0.05) is 44.0 Å². The number of hydrogen-bond donors (Lipinski definition) is 5. The van der Waals surface area contributed by atoms with Gasteiger partial charge in [-0.1, -0.05) is 219 Å². The number of carboxylic acid groups (broad SMARTS) is 1. The van der Waals surface area contributed by atoms with Gasteiger partial charge in [-0.15, -0.1) is 0 Å². The van der Waals surface area contributed by atoms with E-state index in [0.717, 1.165) is 77.6 Å². The molecule has 5 N–H and O–H groups in total. The molecule has 0 spiro atoms. The number of aryl methyl sites for hydroxylation is 2. The highest BCUT2D eigenvalue weighted by Gasteiger charge is 2.34. The number of carbonyl (C=O) groups is 4. The van der Waals surface area contributed by atoms with E-state index in [0.29, 0.717) is 25.7 Å². The predicted octanol–water partition coefficient (Wildman–Crippen LogP) is 14.2. The van der Waals surface area contributed by atoms with Crippen molar-refractivity contribution in [2.24, 2.45) is 17.8 Å². The van der Waals surface area contributed by atoms with Crippen LogP contribution in [-0.2, 0) is 65.3 Å². The molecule has 9 rings (SSSR count).